The van der Waals surface area contributed by atoms with Crippen molar-refractivity contribution in [2.75, 3.05) is 26.3 Å². The van der Waals surface area contributed by atoms with Crippen LogP contribution in [0.3, 0.4) is 0 Å². The van der Waals surface area contributed by atoms with Crippen molar-refractivity contribution < 1.29 is 28.7 Å². The van der Waals surface area contributed by atoms with E-state index in [1.807, 2.05) is 24.3 Å². The molecule has 1 aromatic carbocycles. The summed E-state index contributed by atoms with van der Waals surface area (Å²) in [6.45, 7) is 4.36. The van der Waals surface area contributed by atoms with E-state index in [9.17, 15) is 19.2 Å². The minimum Gasteiger partial charge on any atom is -0.488 e. The molecular weight excluding hydrogens is 446 g/mol. The molecule has 2 aromatic rings. The first-order valence-corrected chi connectivity index (χ1v) is 11.7. The summed E-state index contributed by atoms with van der Waals surface area (Å²) in [5.41, 5.74) is 1.76. The van der Waals surface area contributed by atoms with Gasteiger partial charge in [-0.05, 0) is 24.1 Å². The van der Waals surface area contributed by atoms with E-state index in [4.69, 9.17) is 9.47 Å². The van der Waals surface area contributed by atoms with Crippen LogP contribution in [0.4, 0.5) is 0 Å². The van der Waals surface area contributed by atoms with Crippen LogP contribution in [0.2, 0.25) is 0 Å². The second-order valence-corrected chi connectivity index (χ2v) is 9.18. The minimum atomic E-state index is -0.965. The van der Waals surface area contributed by atoms with Crippen molar-refractivity contribution in [2.45, 2.75) is 32.0 Å². The van der Waals surface area contributed by atoms with Gasteiger partial charge in [0.2, 0.25) is 11.8 Å². The van der Waals surface area contributed by atoms with Crippen LogP contribution >= 0.6 is 11.3 Å². The number of rotatable bonds is 6. The van der Waals surface area contributed by atoms with Gasteiger partial charge in [0, 0.05) is 31.4 Å². The number of fused-ring (bicyclic) bond motifs is 1. The molecule has 2 saturated heterocycles. The van der Waals surface area contributed by atoms with Crippen LogP contribution in [0.25, 0.3) is 0 Å². The van der Waals surface area contributed by atoms with E-state index in [1.165, 1.54) is 16.9 Å². The normalized spacial score (nSPS) is 21.3. The number of nitrogens with zero attached hydrogens (tertiary/aromatic N) is 2. The summed E-state index contributed by atoms with van der Waals surface area (Å²) in [7, 11) is 0. The Labute approximate surface area is 194 Å². The van der Waals surface area contributed by atoms with Crippen molar-refractivity contribution in [3.05, 3.63) is 51.2 Å². The molecule has 0 unspecified atom stereocenters. The molecule has 4 amide bonds. The molecule has 4 heterocycles. The van der Waals surface area contributed by atoms with Gasteiger partial charge in [-0.2, -0.15) is 0 Å². The molecule has 1 aromatic heterocycles. The van der Waals surface area contributed by atoms with Crippen LogP contribution in [0.15, 0.2) is 29.6 Å². The SMILES string of the molecule is O=C1CC[C@H](N2C(=O)c3csc(COc4ccc(CN5CCOCC5)cc4)c3C2=O)C(=O)N1. The lowest BCUT2D eigenvalue weighted by atomic mass is 10.0. The average Bonchev–Trinajstić information content (AvgIpc) is 3.34. The smallest absolute Gasteiger partial charge is 0.263 e. The predicted octanol–water partition coefficient (Wildman–Crippen LogP) is 1.56. The number of carbonyl (C=O) groups is 4. The van der Waals surface area contributed by atoms with Gasteiger partial charge in [0.05, 0.1) is 29.2 Å². The highest BCUT2D eigenvalue weighted by atomic mass is 32.1. The van der Waals surface area contributed by atoms with Crippen LogP contribution in [0.1, 0.15) is 44.0 Å². The van der Waals surface area contributed by atoms with Crippen molar-refractivity contribution in [3.8, 4) is 5.75 Å². The fraction of sp³-hybridized carbons (Fsp3) is 0.391. The van der Waals surface area contributed by atoms with E-state index in [2.05, 4.69) is 10.2 Å². The molecule has 33 heavy (non-hydrogen) atoms. The van der Waals surface area contributed by atoms with Crippen molar-refractivity contribution in [1.29, 1.82) is 0 Å². The highest BCUT2D eigenvalue weighted by Gasteiger charge is 2.46. The number of ether oxygens (including phenoxy) is 2. The predicted molar refractivity (Wildman–Crippen MR) is 118 cm³/mol. The molecular formula is C23H23N3O6S. The third-order valence-corrected chi connectivity index (χ3v) is 7.03. The molecule has 9 nitrogen and oxygen atoms in total. The van der Waals surface area contributed by atoms with Crippen LogP contribution in [0.5, 0.6) is 5.75 Å². The number of carbonyl (C=O) groups excluding carboxylic acids is 4. The van der Waals surface area contributed by atoms with Crippen LogP contribution < -0.4 is 10.1 Å². The number of amides is 4. The Bertz CT molecular complexity index is 1110. The van der Waals surface area contributed by atoms with Gasteiger partial charge in [0.1, 0.15) is 18.4 Å². The second-order valence-electron chi connectivity index (χ2n) is 8.22. The molecule has 172 valence electrons. The summed E-state index contributed by atoms with van der Waals surface area (Å²) < 4.78 is 11.3. The fourth-order valence-corrected chi connectivity index (χ4v) is 5.23. The van der Waals surface area contributed by atoms with Gasteiger partial charge in [-0.3, -0.25) is 34.3 Å². The molecule has 3 aliphatic heterocycles. The lowest BCUT2D eigenvalue weighted by molar-refractivity contribution is -0.136. The zero-order valence-electron chi connectivity index (χ0n) is 17.9. The number of hydrogen-bond donors (Lipinski definition) is 1. The number of thiophene rings is 1. The van der Waals surface area contributed by atoms with Gasteiger partial charge in [-0.1, -0.05) is 12.1 Å². The number of imide groups is 2. The summed E-state index contributed by atoms with van der Waals surface area (Å²) in [6.07, 6.45) is 0.232. The van der Waals surface area contributed by atoms with Crippen molar-refractivity contribution in [1.82, 2.24) is 15.1 Å². The van der Waals surface area contributed by atoms with E-state index in [1.54, 1.807) is 5.38 Å². The summed E-state index contributed by atoms with van der Waals surface area (Å²) in [5, 5.41) is 3.83. The van der Waals surface area contributed by atoms with E-state index >= 15 is 0 Å². The first kappa shape index (κ1) is 21.7. The molecule has 0 aliphatic carbocycles. The second kappa shape index (κ2) is 9.05. The molecule has 10 heteroatoms. The number of morpholine rings is 1. The maximum atomic E-state index is 13.0. The van der Waals surface area contributed by atoms with E-state index in [0.717, 1.165) is 37.7 Å². The molecule has 1 N–H and O–H groups in total. The largest absolute Gasteiger partial charge is 0.488 e. The molecule has 0 radical (unpaired) electrons. The van der Waals surface area contributed by atoms with Gasteiger partial charge >= 0.3 is 0 Å². The monoisotopic (exact) mass is 469 g/mol. The van der Waals surface area contributed by atoms with Gasteiger partial charge in [0.15, 0.2) is 0 Å². The van der Waals surface area contributed by atoms with Crippen LogP contribution in [-0.4, -0.2) is 65.8 Å². The number of nitrogens with one attached hydrogen (secondary N) is 1. The molecule has 0 spiro atoms. The Morgan fingerprint density at radius 3 is 2.55 bits per heavy atom. The lowest BCUT2D eigenvalue weighted by Crippen LogP contribution is -2.54. The molecule has 3 aliphatic rings. The third kappa shape index (κ3) is 4.29. The summed E-state index contributed by atoms with van der Waals surface area (Å²) in [5.74, 6) is -1.35. The van der Waals surface area contributed by atoms with Crippen molar-refractivity contribution >= 4 is 35.0 Å². The van der Waals surface area contributed by atoms with Gasteiger partial charge in [-0.25, -0.2) is 0 Å². The van der Waals surface area contributed by atoms with E-state index in [0.29, 0.717) is 16.2 Å². The van der Waals surface area contributed by atoms with E-state index in [-0.39, 0.29) is 25.0 Å². The standard InChI is InChI=1S/C23H23N3O6S/c27-19-6-5-17(21(28)24-19)26-22(29)16-13-33-18(20(16)23(26)30)12-32-15-3-1-14(2-4-15)11-25-7-9-31-10-8-25/h1-4,13,17H,5-12H2,(H,24,27,28)/t17-/m0/s1. The maximum Gasteiger partial charge on any atom is 0.263 e. The van der Waals surface area contributed by atoms with E-state index < -0.39 is 29.7 Å². The highest BCUT2D eigenvalue weighted by Crippen LogP contribution is 2.34. The van der Waals surface area contributed by atoms with Crippen molar-refractivity contribution in [2.24, 2.45) is 0 Å². The minimum absolute atomic E-state index is 0.0951. The van der Waals surface area contributed by atoms with Crippen LogP contribution in [0, 0.1) is 0 Å². The number of benzene rings is 1. The first-order chi connectivity index (χ1) is 16.0. The van der Waals surface area contributed by atoms with Crippen LogP contribution in [-0.2, 0) is 27.5 Å². The molecule has 0 bridgehead atoms. The Balaban J connectivity index is 1.24. The third-order valence-electron chi connectivity index (χ3n) is 6.07. The summed E-state index contributed by atoms with van der Waals surface area (Å²) in [6, 6.07) is 6.86. The van der Waals surface area contributed by atoms with Crippen molar-refractivity contribution in [3.63, 3.8) is 0 Å². The Morgan fingerprint density at radius 2 is 1.82 bits per heavy atom. The molecule has 5 rings (SSSR count). The molecule has 0 saturated carbocycles. The average molecular weight is 470 g/mol. The van der Waals surface area contributed by atoms with Gasteiger partial charge < -0.3 is 9.47 Å². The summed E-state index contributed by atoms with van der Waals surface area (Å²) in [4.78, 5) is 53.4. The zero-order chi connectivity index (χ0) is 22.9. The molecule has 1 atom stereocenters. The quantitative estimate of drug-likeness (QED) is 0.640. The number of hydrogen-bond acceptors (Lipinski definition) is 8. The Morgan fingerprint density at radius 1 is 1.06 bits per heavy atom. The lowest BCUT2D eigenvalue weighted by Gasteiger charge is -2.28. The number of piperidine rings is 1. The Kier molecular flexibility index (Phi) is 5.96. The molecule has 2 fully saturated rings. The topological polar surface area (TPSA) is 105 Å². The van der Waals surface area contributed by atoms with Gasteiger partial charge in [-0.15, -0.1) is 11.3 Å². The highest BCUT2D eigenvalue weighted by molar-refractivity contribution is 7.10. The zero-order valence-corrected chi connectivity index (χ0v) is 18.7. The first-order valence-electron chi connectivity index (χ1n) is 10.8. The fourth-order valence-electron chi connectivity index (χ4n) is 4.31. The summed E-state index contributed by atoms with van der Waals surface area (Å²) >= 11 is 1.29. The Hall–Kier alpha value is -3.08. The maximum absolute atomic E-state index is 13.0. The van der Waals surface area contributed by atoms with Gasteiger partial charge in [0.25, 0.3) is 11.8 Å².